The predicted octanol–water partition coefficient (Wildman–Crippen LogP) is 4.58. The summed E-state index contributed by atoms with van der Waals surface area (Å²) in [6, 6.07) is 12.5. The van der Waals surface area contributed by atoms with Crippen LogP contribution >= 0.6 is 11.6 Å². The van der Waals surface area contributed by atoms with Gasteiger partial charge in [0.15, 0.2) is 0 Å². The quantitative estimate of drug-likeness (QED) is 0.843. The van der Waals surface area contributed by atoms with Gasteiger partial charge in [0.05, 0.1) is 17.7 Å². The maximum Gasteiger partial charge on any atom is 0.146 e. The van der Waals surface area contributed by atoms with Gasteiger partial charge in [-0.3, -0.25) is 0 Å². The Balaban J connectivity index is 2.36. The Morgan fingerprint density at radius 1 is 1.14 bits per heavy atom. The molecule has 0 radical (unpaired) electrons. The second-order valence-corrected chi connectivity index (χ2v) is 5.04. The number of rotatable bonds is 6. The maximum absolute atomic E-state index is 14.3. The van der Waals surface area contributed by atoms with E-state index in [-0.39, 0.29) is 16.9 Å². The Morgan fingerprint density at radius 3 is 2.48 bits per heavy atom. The van der Waals surface area contributed by atoms with Gasteiger partial charge in [0.1, 0.15) is 11.6 Å². The zero-order valence-corrected chi connectivity index (χ0v) is 13.0. The highest BCUT2D eigenvalue weighted by Crippen LogP contribution is 2.29. The van der Waals surface area contributed by atoms with Gasteiger partial charge in [-0.05, 0) is 37.2 Å². The molecule has 0 aliphatic heterocycles. The van der Waals surface area contributed by atoms with Crippen LogP contribution in [0, 0.1) is 5.82 Å². The van der Waals surface area contributed by atoms with Gasteiger partial charge in [0.25, 0.3) is 0 Å². The van der Waals surface area contributed by atoms with Crippen LogP contribution in [-0.4, -0.2) is 13.2 Å². The first kappa shape index (κ1) is 15.8. The monoisotopic (exact) mass is 307 g/mol. The number of halogens is 2. The molecule has 0 amide bonds. The maximum atomic E-state index is 14.3. The SMILES string of the molecule is CCNC(c1ccc(OCC)cc1)c1cccc(Cl)c1F. The number of hydrogen-bond acceptors (Lipinski definition) is 2. The normalized spacial score (nSPS) is 12.2. The second-order valence-electron chi connectivity index (χ2n) is 4.64. The molecule has 0 fully saturated rings. The van der Waals surface area contributed by atoms with E-state index in [1.54, 1.807) is 18.2 Å². The van der Waals surface area contributed by atoms with E-state index in [9.17, 15) is 4.39 Å². The molecule has 0 aliphatic rings. The van der Waals surface area contributed by atoms with Crippen LogP contribution in [0.1, 0.15) is 31.0 Å². The Kier molecular flexibility index (Phi) is 5.59. The van der Waals surface area contributed by atoms with Crippen molar-refractivity contribution < 1.29 is 9.13 Å². The second kappa shape index (κ2) is 7.43. The van der Waals surface area contributed by atoms with E-state index in [0.29, 0.717) is 12.2 Å². The van der Waals surface area contributed by atoms with Crippen molar-refractivity contribution in [1.82, 2.24) is 5.32 Å². The van der Waals surface area contributed by atoms with E-state index in [2.05, 4.69) is 5.32 Å². The topological polar surface area (TPSA) is 21.3 Å². The highest BCUT2D eigenvalue weighted by atomic mass is 35.5. The minimum atomic E-state index is -0.376. The lowest BCUT2D eigenvalue weighted by atomic mass is 9.98. The molecule has 2 aromatic rings. The Labute approximate surface area is 129 Å². The van der Waals surface area contributed by atoms with Crippen molar-refractivity contribution in [2.24, 2.45) is 0 Å². The number of ether oxygens (including phenoxy) is 1. The smallest absolute Gasteiger partial charge is 0.146 e. The van der Waals surface area contributed by atoms with Crippen LogP contribution in [-0.2, 0) is 0 Å². The fourth-order valence-corrected chi connectivity index (χ4v) is 2.46. The van der Waals surface area contributed by atoms with Crippen molar-refractivity contribution in [3.63, 3.8) is 0 Å². The molecule has 1 unspecified atom stereocenters. The molecule has 21 heavy (non-hydrogen) atoms. The molecule has 1 atom stereocenters. The summed E-state index contributed by atoms with van der Waals surface area (Å²) >= 11 is 5.89. The Morgan fingerprint density at radius 2 is 1.86 bits per heavy atom. The first-order chi connectivity index (χ1) is 10.2. The average molecular weight is 308 g/mol. The van der Waals surface area contributed by atoms with Gasteiger partial charge in [-0.2, -0.15) is 0 Å². The van der Waals surface area contributed by atoms with Crippen molar-refractivity contribution >= 4 is 11.6 Å². The number of benzene rings is 2. The first-order valence-electron chi connectivity index (χ1n) is 7.07. The van der Waals surface area contributed by atoms with Gasteiger partial charge in [-0.15, -0.1) is 0 Å². The predicted molar refractivity (Wildman–Crippen MR) is 84.5 cm³/mol. The summed E-state index contributed by atoms with van der Waals surface area (Å²) < 4.78 is 19.7. The van der Waals surface area contributed by atoms with Crippen LogP contribution in [0.5, 0.6) is 5.75 Å². The zero-order chi connectivity index (χ0) is 15.2. The van der Waals surface area contributed by atoms with Crippen molar-refractivity contribution in [1.29, 1.82) is 0 Å². The third kappa shape index (κ3) is 3.74. The molecule has 0 aliphatic carbocycles. The lowest BCUT2D eigenvalue weighted by molar-refractivity contribution is 0.340. The van der Waals surface area contributed by atoms with Crippen molar-refractivity contribution in [3.8, 4) is 5.75 Å². The van der Waals surface area contributed by atoms with E-state index in [0.717, 1.165) is 17.9 Å². The van der Waals surface area contributed by atoms with Crippen LogP contribution in [0.2, 0.25) is 5.02 Å². The molecule has 0 spiro atoms. The molecule has 2 nitrogen and oxygen atoms in total. The third-order valence-corrected chi connectivity index (χ3v) is 3.52. The summed E-state index contributed by atoms with van der Waals surface area (Å²) in [5, 5.41) is 3.44. The van der Waals surface area contributed by atoms with Gasteiger partial charge in [0.2, 0.25) is 0 Å². The van der Waals surface area contributed by atoms with E-state index in [1.807, 2.05) is 38.1 Å². The highest BCUT2D eigenvalue weighted by Gasteiger charge is 2.18. The standard InChI is InChI=1S/C17H19ClFNO/c1-3-20-17(14-6-5-7-15(18)16(14)19)12-8-10-13(11-9-12)21-4-2/h5-11,17,20H,3-4H2,1-2H3. The van der Waals surface area contributed by atoms with Gasteiger partial charge in [0, 0.05) is 5.56 Å². The summed E-state index contributed by atoms with van der Waals surface area (Å²) in [6.07, 6.45) is 0. The first-order valence-corrected chi connectivity index (χ1v) is 7.45. The lowest BCUT2D eigenvalue weighted by Crippen LogP contribution is -2.23. The molecule has 2 aromatic carbocycles. The summed E-state index contributed by atoms with van der Waals surface area (Å²) in [7, 11) is 0. The average Bonchev–Trinajstić information content (AvgIpc) is 2.49. The van der Waals surface area contributed by atoms with E-state index < -0.39 is 0 Å². The molecular formula is C17H19ClFNO. The molecule has 4 heteroatoms. The number of nitrogens with one attached hydrogen (secondary N) is 1. The Hall–Kier alpha value is -1.58. The van der Waals surface area contributed by atoms with E-state index in [4.69, 9.17) is 16.3 Å². The lowest BCUT2D eigenvalue weighted by Gasteiger charge is -2.20. The van der Waals surface area contributed by atoms with E-state index >= 15 is 0 Å². The van der Waals surface area contributed by atoms with Gasteiger partial charge in [-0.25, -0.2) is 4.39 Å². The molecule has 1 N–H and O–H groups in total. The molecule has 0 heterocycles. The fraction of sp³-hybridized carbons (Fsp3) is 0.294. The van der Waals surface area contributed by atoms with Crippen LogP contribution in [0.15, 0.2) is 42.5 Å². The number of hydrogen-bond donors (Lipinski definition) is 1. The summed E-state index contributed by atoms with van der Waals surface area (Å²) in [6.45, 7) is 5.28. The molecule has 0 aromatic heterocycles. The minimum Gasteiger partial charge on any atom is -0.494 e. The van der Waals surface area contributed by atoms with E-state index in [1.165, 1.54) is 0 Å². The van der Waals surface area contributed by atoms with Crippen LogP contribution < -0.4 is 10.1 Å². The molecule has 0 bridgehead atoms. The fourth-order valence-electron chi connectivity index (χ4n) is 2.28. The highest BCUT2D eigenvalue weighted by molar-refractivity contribution is 6.30. The van der Waals surface area contributed by atoms with Crippen LogP contribution in [0.4, 0.5) is 4.39 Å². The summed E-state index contributed by atoms with van der Waals surface area (Å²) in [5.74, 6) is 0.432. The Bertz CT molecular complexity index is 586. The van der Waals surface area contributed by atoms with Crippen LogP contribution in [0.25, 0.3) is 0 Å². The molecule has 0 saturated heterocycles. The van der Waals surface area contributed by atoms with Gasteiger partial charge >= 0.3 is 0 Å². The third-order valence-electron chi connectivity index (χ3n) is 3.23. The summed E-state index contributed by atoms with van der Waals surface area (Å²) in [5.41, 5.74) is 1.52. The molecular weight excluding hydrogens is 289 g/mol. The van der Waals surface area contributed by atoms with Crippen molar-refractivity contribution in [3.05, 3.63) is 64.4 Å². The molecule has 2 rings (SSSR count). The van der Waals surface area contributed by atoms with Crippen LogP contribution in [0.3, 0.4) is 0 Å². The minimum absolute atomic E-state index is 0.140. The molecule has 0 saturated carbocycles. The van der Waals surface area contributed by atoms with Gasteiger partial charge < -0.3 is 10.1 Å². The largest absolute Gasteiger partial charge is 0.494 e. The zero-order valence-electron chi connectivity index (χ0n) is 12.2. The summed E-state index contributed by atoms with van der Waals surface area (Å²) in [4.78, 5) is 0. The molecule has 112 valence electrons. The van der Waals surface area contributed by atoms with Crippen molar-refractivity contribution in [2.75, 3.05) is 13.2 Å². The van der Waals surface area contributed by atoms with Crippen molar-refractivity contribution in [2.45, 2.75) is 19.9 Å². The van der Waals surface area contributed by atoms with Gasteiger partial charge in [-0.1, -0.05) is 42.8 Å².